The lowest BCUT2D eigenvalue weighted by Gasteiger charge is -2.42. The van der Waals surface area contributed by atoms with Crippen molar-refractivity contribution in [2.24, 2.45) is 16.7 Å². The van der Waals surface area contributed by atoms with Crippen LogP contribution in [0.3, 0.4) is 0 Å². The molecule has 0 aromatic carbocycles. The van der Waals surface area contributed by atoms with E-state index in [4.69, 9.17) is 4.74 Å². The van der Waals surface area contributed by atoms with Crippen molar-refractivity contribution in [1.29, 1.82) is 0 Å². The third-order valence-electron chi connectivity index (χ3n) is 5.95. The molecule has 2 fully saturated rings. The summed E-state index contributed by atoms with van der Waals surface area (Å²) in [6.45, 7) is 15.8. The van der Waals surface area contributed by atoms with E-state index in [1.54, 1.807) is 0 Å². The first kappa shape index (κ1) is 21.4. The summed E-state index contributed by atoms with van der Waals surface area (Å²) in [4.78, 5) is 27.7. The molecule has 150 valence electrons. The molecule has 0 atom stereocenters. The number of Topliss-reactive ketones (excluding diaryl/α,β-unsaturated/α-hetero) is 1. The zero-order chi connectivity index (χ0) is 19.8. The van der Waals surface area contributed by atoms with Crippen molar-refractivity contribution in [2.45, 2.75) is 98.7 Å². The molecule has 0 bridgehead atoms. The number of hydrogen-bond acceptors (Lipinski definition) is 3. The Kier molecular flexibility index (Phi) is 6.27. The van der Waals surface area contributed by atoms with Crippen molar-refractivity contribution in [3.63, 3.8) is 0 Å². The van der Waals surface area contributed by atoms with E-state index in [1.165, 1.54) is 0 Å². The second-order valence-corrected chi connectivity index (χ2v) is 10.7. The van der Waals surface area contributed by atoms with Crippen LogP contribution in [0.25, 0.3) is 0 Å². The molecule has 1 saturated carbocycles. The van der Waals surface area contributed by atoms with Gasteiger partial charge in [0, 0.05) is 29.8 Å². The quantitative estimate of drug-likeness (QED) is 0.734. The molecule has 2 aliphatic rings. The van der Waals surface area contributed by atoms with E-state index >= 15 is 0 Å². The highest BCUT2D eigenvalue weighted by Crippen LogP contribution is 2.39. The molecule has 2 rings (SSSR count). The number of piperidine rings is 1. The van der Waals surface area contributed by atoms with Gasteiger partial charge in [-0.15, -0.1) is 0 Å². The van der Waals surface area contributed by atoms with E-state index < -0.39 is 0 Å². The largest absolute Gasteiger partial charge is 0.373 e. The number of ether oxygens (including phenoxy) is 1. The highest BCUT2D eigenvalue weighted by atomic mass is 16.5. The van der Waals surface area contributed by atoms with Crippen LogP contribution in [0.2, 0.25) is 0 Å². The monoisotopic (exact) mass is 365 g/mol. The second kappa shape index (κ2) is 7.61. The SMILES string of the molecule is CC(C)(C)O[C@H]1CC[C@H](C(=O)N2CCC(C)(C(=O)C(C)(C)C)CC2)CC1. The number of hydrogen-bond donors (Lipinski definition) is 0. The summed E-state index contributed by atoms with van der Waals surface area (Å²) in [7, 11) is 0. The summed E-state index contributed by atoms with van der Waals surface area (Å²) in [5.41, 5.74) is -0.710. The fourth-order valence-electron chi connectivity index (χ4n) is 4.54. The van der Waals surface area contributed by atoms with E-state index in [0.29, 0.717) is 11.7 Å². The minimum Gasteiger partial charge on any atom is -0.373 e. The van der Waals surface area contributed by atoms with Crippen molar-refractivity contribution >= 4 is 11.7 Å². The molecule has 0 aromatic heterocycles. The van der Waals surface area contributed by atoms with Crippen molar-refractivity contribution in [3.05, 3.63) is 0 Å². The van der Waals surface area contributed by atoms with Crippen LogP contribution in [0.4, 0.5) is 0 Å². The second-order valence-electron chi connectivity index (χ2n) is 10.7. The van der Waals surface area contributed by atoms with Gasteiger partial charge in [0.25, 0.3) is 0 Å². The van der Waals surface area contributed by atoms with Gasteiger partial charge in [-0.05, 0) is 59.3 Å². The lowest BCUT2D eigenvalue weighted by atomic mass is 9.68. The number of rotatable bonds is 3. The Morgan fingerprint density at radius 1 is 0.923 bits per heavy atom. The van der Waals surface area contributed by atoms with Crippen LogP contribution in [0, 0.1) is 16.7 Å². The Bertz CT molecular complexity index is 510. The Morgan fingerprint density at radius 3 is 1.85 bits per heavy atom. The molecule has 0 radical (unpaired) electrons. The first-order chi connectivity index (χ1) is 11.8. The molecular weight excluding hydrogens is 326 g/mol. The molecule has 1 aliphatic carbocycles. The lowest BCUT2D eigenvalue weighted by Crippen LogP contribution is -2.49. The molecule has 0 spiro atoms. The highest BCUT2D eigenvalue weighted by Gasteiger charge is 2.43. The van der Waals surface area contributed by atoms with Gasteiger partial charge >= 0.3 is 0 Å². The minimum absolute atomic E-state index is 0.113. The highest BCUT2D eigenvalue weighted by molar-refractivity contribution is 5.89. The predicted octanol–water partition coefficient (Wildman–Crippen LogP) is 4.60. The molecule has 0 N–H and O–H groups in total. The molecular formula is C22H39NO3. The third-order valence-corrected chi connectivity index (χ3v) is 5.95. The van der Waals surface area contributed by atoms with Crippen LogP contribution in [0.15, 0.2) is 0 Å². The molecule has 26 heavy (non-hydrogen) atoms. The van der Waals surface area contributed by atoms with Gasteiger partial charge < -0.3 is 9.64 Å². The zero-order valence-electron chi connectivity index (χ0n) is 18.0. The van der Waals surface area contributed by atoms with E-state index in [2.05, 4.69) is 27.7 Å². The summed E-state index contributed by atoms with van der Waals surface area (Å²) < 4.78 is 6.08. The number of ketones is 1. The molecule has 1 aliphatic heterocycles. The van der Waals surface area contributed by atoms with Crippen molar-refractivity contribution < 1.29 is 14.3 Å². The maximum atomic E-state index is 12.9. The standard InChI is InChI=1S/C22H39NO3/c1-20(2,3)19(25)22(7)12-14-23(15-13-22)18(24)16-8-10-17(11-9-16)26-21(4,5)6/h16-17H,8-15H2,1-7H3/t16-,17-. The van der Waals surface area contributed by atoms with Gasteiger partial charge in [0.05, 0.1) is 11.7 Å². The van der Waals surface area contributed by atoms with Crippen molar-refractivity contribution in [1.82, 2.24) is 4.90 Å². The van der Waals surface area contributed by atoms with Gasteiger partial charge in [-0.2, -0.15) is 0 Å². The molecule has 4 heteroatoms. The van der Waals surface area contributed by atoms with E-state index in [0.717, 1.165) is 51.6 Å². The van der Waals surface area contributed by atoms with Crippen LogP contribution in [-0.4, -0.2) is 41.4 Å². The third kappa shape index (κ3) is 5.31. The van der Waals surface area contributed by atoms with Crippen molar-refractivity contribution in [3.8, 4) is 0 Å². The Morgan fingerprint density at radius 2 is 1.42 bits per heavy atom. The van der Waals surface area contributed by atoms with Crippen LogP contribution in [0.1, 0.15) is 87.0 Å². The fourth-order valence-corrected chi connectivity index (χ4v) is 4.54. The maximum absolute atomic E-state index is 12.9. The van der Waals surface area contributed by atoms with Gasteiger partial charge in [0.2, 0.25) is 5.91 Å². The average Bonchev–Trinajstić information content (AvgIpc) is 2.52. The zero-order valence-corrected chi connectivity index (χ0v) is 18.0. The Hall–Kier alpha value is -0.900. The number of likely N-dealkylation sites (tertiary alicyclic amines) is 1. The van der Waals surface area contributed by atoms with Gasteiger partial charge in [-0.25, -0.2) is 0 Å². The van der Waals surface area contributed by atoms with Crippen LogP contribution in [-0.2, 0) is 14.3 Å². The molecule has 4 nitrogen and oxygen atoms in total. The van der Waals surface area contributed by atoms with E-state index in [-0.39, 0.29) is 28.5 Å². The summed E-state index contributed by atoms with van der Waals surface area (Å²) in [5.74, 6) is 0.763. The first-order valence-corrected chi connectivity index (χ1v) is 10.3. The maximum Gasteiger partial charge on any atom is 0.225 e. The molecule has 1 amide bonds. The molecule has 0 aromatic rings. The average molecular weight is 366 g/mol. The van der Waals surface area contributed by atoms with Gasteiger partial charge in [0.1, 0.15) is 5.78 Å². The minimum atomic E-state index is -0.313. The number of nitrogens with zero attached hydrogens (tertiary/aromatic N) is 1. The van der Waals surface area contributed by atoms with Crippen LogP contribution < -0.4 is 0 Å². The van der Waals surface area contributed by atoms with Crippen LogP contribution in [0.5, 0.6) is 0 Å². The summed E-state index contributed by atoms with van der Waals surface area (Å²) in [6, 6.07) is 0. The topological polar surface area (TPSA) is 46.6 Å². The molecule has 1 heterocycles. The lowest BCUT2D eigenvalue weighted by molar-refractivity contribution is -0.146. The number of carbonyl (C=O) groups excluding carboxylic acids is 2. The molecule has 1 saturated heterocycles. The first-order valence-electron chi connectivity index (χ1n) is 10.3. The number of amides is 1. The summed E-state index contributed by atoms with van der Waals surface area (Å²) in [5, 5.41) is 0. The Balaban J connectivity index is 1.85. The summed E-state index contributed by atoms with van der Waals surface area (Å²) >= 11 is 0. The normalized spacial score (nSPS) is 27.3. The predicted molar refractivity (Wildman–Crippen MR) is 105 cm³/mol. The van der Waals surface area contributed by atoms with Crippen LogP contribution >= 0.6 is 0 Å². The van der Waals surface area contributed by atoms with E-state index in [1.807, 2.05) is 25.7 Å². The molecule has 0 unspecified atom stereocenters. The van der Waals surface area contributed by atoms with Gasteiger partial charge in [-0.3, -0.25) is 9.59 Å². The van der Waals surface area contributed by atoms with Crippen molar-refractivity contribution in [2.75, 3.05) is 13.1 Å². The van der Waals surface area contributed by atoms with E-state index in [9.17, 15) is 9.59 Å². The summed E-state index contributed by atoms with van der Waals surface area (Å²) in [6.07, 6.45) is 5.66. The number of carbonyl (C=O) groups is 2. The van der Waals surface area contributed by atoms with Gasteiger partial charge in [0.15, 0.2) is 0 Å². The smallest absolute Gasteiger partial charge is 0.225 e. The van der Waals surface area contributed by atoms with Gasteiger partial charge in [-0.1, -0.05) is 27.7 Å². The fraction of sp³-hybridized carbons (Fsp3) is 0.909. The Labute approximate surface area is 160 Å².